The molecule has 0 radical (unpaired) electrons. The number of rotatable bonds is 5. The fraction of sp³-hybridized carbons (Fsp3) is 0.312. The molecule has 0 aliphatic carbocycles. The standard InChI is InChI=1S/C16H18N2OS2/c1-11(15-18-13-5-3-4-6-14(13)21-15)17-10-16(2,19)12-7-8-20-9-12/h3-9,11,17,19H,10H2,1-2H3/t11-,16+/m0/s1. The SMILES string of the molecule is C[C@H](NC[C@@](C)(O)c1ccsc1)c1nc2ccccc2s1. The fourth-order valence-corrected chi connectivity index (χ4v) is 3.96. The smallest absolute Gasteiger partial charge is 0.111 e. The Balaban J connectivity index is 1.70. The van der Waals surface area contributed by atoms with Gasteiger partial charge in [-0.05, 0) is 48.4 Å². The molecule has 1 aromatic carbocycles. The molecular weight excluding hydrogens is 300 g/mol. The molecule has 0 bridgehead atoms. The second kappa shape index (κ2) is 5.85. The number of para-hydroxylation sites is 1. The third-order valence-electron chi connectivity index (χ3n) is 3.58. The highest BCUT2D eigenvalue weighted by Crippen LogP contribution is 2.27. The van der Waals surface area contributed by atoms with E-state index in [0.717, 1.165) is 16.1 Å². The lowest BCUT2D eigenvalue weighted by Gasteiger charge is -2.24. The minimum atomic E-state index is -0.856. The van der Waals surface area contributed by atoms with Crippen molar-refractivity contribution in [3.8, 4) is 0 Å². The number of hydrogen-bond donors (Lipinski definition) is 2. The number of thiazole rings is 1. The summed E-state index contributed by atoms with van der Waals surface area (Å²) in [6.45, 7) is 4.43. The van der Waals surface area contributed by atoms with Crippen LogP contribution >= 0.6 is 22.7 Å². The van der Waals surface area contributed by atoms with Crippen molar-refractivity contribution in [2.75, 3.05) is 6.54 Å². The molecule has 0 aliphatic heterocycles. The van der Waals surface area contributed by atoms with Gasteiger partial charge in [0, 0.05) is 6.54 Å². The zero-order chi connectivity index (χ0) is 14.9. The third kappa shape index (κ3) is 3.16. The molecule has 2 aromatic heterocycles. The lowest BCUT2D eigenvalue weighted by molar-refractivity contribution is 0.0548. The Morgan fingerprint density at radius 3 is 2.86 bits per heavy atom. The Labute approximate surface area is 132 Å². The van der Waals surface area contributed by atoms with Gasteiger partial charge in [-0.15, -0.1) is 11.3 Å². The van der Waals surface area contributed by atoms with Crippen LogP contribution in [0, 0.1) is 0 Å². The van der Waals surface area contributed by atoms with Crippen LogP contribution in [0.2, 0.25) is 0 Å². The molecule has 0 saturated carbocycles. The molecule has 21 heavy (non-hydrogen) atoms. The lowest BCUT2D eigenvalue weighted by atomic mass is 9.99. The van der Waals surface area contributed by atoms with Gasteiger partial charge in [0.2, 0.25) is 0 Å². The zero-order valence-corrected chi connectivity index (χ0v) is 13.7. The second-order valence-electron chi connectivity index (χ2n) is 5.41. The van der Waals surface area contributed by atoms with Crippen molar-refractivity contribution < 1.29 is 5.11 Å². The number of hydrogen-bond acceptors (Lipinski definition) is 5. The summed E-state index contributed by atoms with van der Waals surface area (Å²) in [5, 5.41) is 19.0. The maximum absolute atomic E-state index is 10.5. The predicted molar refractivity (Wildman–Crippen MR) is 89.9 cm³/mol. The molecule has 110 valence electrons. The van der Waals surface area contributed by atoms with Crippen molar-refractivity contribution in [1.82, 2.24) is 10.3 Å². The van der Waals surface area contributed by atoms with Crippen LogP contribution in [0.25, 0.3) is 10.2 Å². The highest BCUT2D eigenvalue weighted by molar-refractivity contribution is 7.18. The average molecular weight is 318 g/mol. The maximum atomic E-state index is 10.5. The number of fused-ring (bicyclic) bond motifs is 1. The molecule has 3 aromatic rings. The highest BCUT2D eigenvalue weighted by Gasteiger charge is 2.24. The van der Waals surface area contributed by atoms with Gasteiger partial charge in [0.15, 0.2) is 0 Å². The number of thiophene rings is 1. The lowest BCUT2D eigenvalue weighted by Crippen LogP contribution is -2.36. The summed E-state index contributed by atoms with van der Waals surface area (Å²) in [6.07, 6.45) is 0. The van der Waals surface area contributed by atoms with Crippen molar-refractivity contribution in [3.05, 3.63) is 51.7 Å². The first-order valence-corrected chi connectivity index (χ1v) is 8.66. The van der Waals surface area contributed by atoms with E-state index in [0.29, 0.717) is 6.54 Å². The zero-order valence-electron chi connectivity index (χ0n) is 12.0. The number of aliphatic hydroxyl groups is 1. The van der Waals surface area contributed by atoms with Crippen molar-refractivity contribution in [2.24, 2.45) is 0 Å². The molecule has 3 rings (SSSR count). The van der Waals surface area contributed by atoms with Crippen LogP contribution < -0.4 is 5.32 Å². The van der Waals surface area contributed by atoms with Crippen molar-refractivity contribution in [2.45, 2.75) is 25.5 Å². The largest absolute Gasteiger partial charge is 0.384 e. The Bertz CT molecular complexity index is 686. The predicted octanol–water partition coefficient (Wildman–Crippen LogP) is 3.92. The van der Waals surface area contributed by atoms with Gasteiger partial charge in [0.05, 0.1) is 16.3 Å². The van der Waals surface area contributed by atoms with Crippen molar-refractivity contribution in [3.63, 3.8) is 0 Å². The first kappa shape index (κ1) is 14.7. The van der Waals surface area contributed by atoms with Gasteiger partial charge < -0.3 is 10.4 Å². The Hall–Kier alpha value is -1.27. The van der Waals surface area contributed by atoms with E-state index in [1.54, 1.807) is 22.7 Å². The van der Waals surface area contributed by atoms with Gasteiger partial charge in [-0.2, -0.15) is 11.3 Å². The number of nitrogens with zero attached hydrogens (tertiary/aromatic N) is 1. The molecule has 5 heteroatoms. The van der Waals surface area contributed by atoms with Crippen molar-refractivity contribution >= 4 is 32.9 Å². The highest BCUT2D eigenvalue weighted by atomic mass is 32.1. The molecule has 0 amide bonds. The summed E-state index contributed by atoms with van der Waals surface area (Å²) in [6, 6.07) is 10.2. The quantitative estimate of drug-likeness (QED) is 0.749. The molecule has 2 atom stereocenters. The summed E-state index contributed by atoms with van der Waals surface area (Å²) in [5.41, 5.74) is 1.14. The third-order valence-corrected chi connectivity index (χ3v) is 5.48. The van der Waals surface area contributed by atoms with E-state index in [4.69, 9.17) is 0 Å². The molecule has 0 aliphatic rings. The van der Waals surface area contributed by atoms with E-state index in [1.807, 2.05) is 41.9 Å². The van der Waals surface area contributed by atoms with Crippen LogP contribution in [-0.2, 0) is 5.60 Å². The van der Waals surface area contributed by atoms with Gasteiger partial charge in [-0.25, -0.2) is 4.98 Å². The first-order chi connectivity index (χ1) is 10.1. The van der Waals surface area contributed by atoms with Crippen LogP contribution in [0.4, 0.5) is 0 Å². The summed E-state index contributed by atoms with van der Waals surface area (Å²) in [7, 11) is 0. The molecule has 3 nitrogen and oxygen atoms in total. The summed E-state index contributed by atoms with van der Waals surface area (Å²) >= 11 is 3.30. The average Bonchev–Trinajstić information content (AvgIpc) is 3.13. The molecule has 0 unspecified atom stereocenters. The van der Waals surface area contributed by atoms with Gasteiger partial charge in [0.25, 0.3) is 0 Å². The minimum absolute atomic E-state index is 0.118. The topological polar surface area (TPSA) is 45.1 Å². The van der Waals surface area contributed by atoms with E-state index in [2.05, 4.69) is 23.3 Å². The van der Waals surface area contributed by atoms with E-state index in [1.165, 1.54) is 4.70 Å². The van der Waals surface area contributed by atoms with Crippen LogP contribution in [0.3, 0.4) is 0 Å². The molecule has 0 saturated heterocycles. The number of benzene rings is 1. The molecular formula is C16H18N2OS2. The monoisotopic (exact) mass is 318 g/mol. The number of aromatic nitrogens is 1. The van der Waals surface area contributed by atoms with Gasteiger partial charge in [0.1, 0.15) is 10.6 Å². The van der Waals surface area contributed by atoms with Crippen LogP contribution in [0.1, 0.15) is 30.5 Å². The van der Waals surface area contributed by atoms with E-state index in [9.17, 15) is 5.11 Å². The molecule has 2 N–H and O–H groups in total. The summed E-state index contributed by atoms with van der Waals surface area (Å²) in [4.78, 5) is 4.65. The van der Waals surface area contributed by atoms with Crippen LogP contribution in [0.15, 0.2) is 41.1 Å². The summed E-state index contributed by atoms with van der Waals surface area (Å²) in [5.74, 6) is 0. The molecule has 2 heterocycles. The first-order valence-electron chi connectivity index (χ1n) is 6.90. The molecule has 0 spiro atoms. The minimum Gasteiger partial charge on any atom is -0.384 e. The van der Waals surface area contributed by atoms with Crippen LogP contribution in [-0.4, -0.2) is 16.6 Å². The van der Waals surface area contributed by atoms with Gasteiger partial charge in [-0.3, -0.25) is 0 Å². The van der Waals surface area contributed by atoms with Gasteiger partial charge >= 0.3 is 0 Å². The van der Waals surface area contributed by atoms with E-state index < -0.39 is 5.60 Å². The van der Waals surface area contributed by atoms with Crippen LogP contribution in [0.5, 0.6) is 0 Å². The van der Waals surface area contributed by atoms with Crippen molar-refractivity contribution in [1.29, 1.82) is 0 Å². The normalized spacial score (nSPS) is 16.0. The van der Waals surface area contributed by atoms with Gasteiger partial charge in [-0.1, -0.05) is 12.1 Å². The Morgan fingerprint density at radius 1 is 1.33 bits per heavy atom. The van der Waals surface area contributed by atoms with E-state index in [-0.39, 0.29) is 6.04 Å². The van der Waals surface area contributed by atoms with E-state index >= 15 is 0 Å². The molecule has 0 fully saturated rings. The maximum Gasteiger partial charge on any atom is 0.111 e. The Morgan fingerprint density at radius 2 is 2.14 bits per heavy atom. The number of nitrogens with one attached hydrogen (secondary N) is 1. The second-order valence-corrected chi connectivity index (χ2v) is 7.25. The fourth-order valence-electron chi connectivity index (χ4n) is 2.19. The Kier molecular flexibility index (Phi) is 4.08. The summed E-state index contributed by atoms with van der Waals surface area (Å²) < 4.78 is 1.20.